The fourth-order valence-corrected chi connectivity index (χ4v) is 2.01. The number of thiazole rings is 1. The molecule has 1 aromatic carbocycles. The van der Waals surface area contributed by atoms with Gasteiger partial charge in [0.2, 0.25) is 0 Å². The van der Waals surface area contributed by atoms with Crippen molar-refractivity contribution in [1.29, 1.82) is 0 Å². The van der Waals surface area contributed by atoms with Gasteiger partial charge in [-0.15, -0.1) is 11.3 Å². The van der Waals surface area contributed by atoms with E-state index < -0.39 is 0 Å². The summed E-state index contributed by atoms with van der Waals surface area (Å²) in [6, 6.07) is 8.26. The van der Waals surface area contributed by atoms with Gasteiger partial charge in [0.1, 0.15) is 5.01 Å². The van der Waals surface area contributed by atoms with E-state index in [0.717, 1.165) is 10.6 Å². The maximum absolute atomic E-state index is 5.27. The van der Waals surface area contributed by atoms with Crippen LogP contribution < -0.4 is 11.3 Å². The Hall–Kier alpha value is -1.39. The van der Waals surface area contributed by atoms with Crippen molar-refractivity contribution in [3.8, 4) is 10.6 Å². The van der Waals surface area contributed by atoms with E-state index in [2.05, 4.69) is 29.5 Å². The highest BCUT2D eigenvalue weighted by Gasteiger charge is 2.02. The normalized spacial score (nSPS) is 10.1. The third kappa shape index (κ3) is 1.76. The Labute approximate surface area is 86.6 Å². The van der Waals surface area contributed by atoms with E-state index in [1.807, 2.05) is 17.5 Å². The van der Waals surface area contributed by atoms with Crippen molar-refractivity contribution in [3.63, 3.8) is 0 Å². The zero-order valence-electron chi connectivity index (χ0n) is 7.82. The third-order valence-electron chi connectivity index (χ3n) is 1.92. The lowest BCUT2D eigenvalue weighted by Crippen LogP contribution is -2.06. The van der Waals surface area contributed by atoms with Crippen molar-refractivity contribution in [1.82, 2.24) is 4.98 Å². The monoisotopic (exact) mass is 205 g/mol. The predicted octanol–water partition coefficient (Wildman–Crippen LogP) is 2.40. The summed E-state index contributed by atoms with van der Waals surface area (Å²) in [5.41, 5.74) is 4.90. The molecular weight excluding hydrogens is 194 g/mol. The largest absolute Gasteiger partial charge is 0.308 e. The predicted molar refractivity (Wildman–Crippen MR) is 60.1 cm³/mol. The molecule has 0 aliphatic rings. The summed E-state index contributed by atoms with van der Waals surface area (Å²) in [5, 5.41) is 2.89. The topological polar surface area (TPSA) is 50.9 Å². The van der Waals surface area contributed by atoms with Crippen molar-refractivity contribution < 1.29 is 0 Å². The molecule has 2 aromatic rings. The van der Waals surface area contributed by atoms with Gasteiger partial charge in [-0.25, -0.2) is 10.8 Å². The number of hydrogen-bond donors (Lipinski definition) is 2. The average molecular weight is 205 g/mol. The highest BCUT2D eigenvalue weighted by Crippen LogP contribution is 2.25. The van der Waals surface area contributed by atoms with Gasteiger partial charge < -0.3 is 5.43 Å². The molecule has 0 aliphatic carbocycles. The molecule has 0 bridgehead atoms. The summed E-state index contributed by atoms with van der Waals surface area (Å²) < 4.78 is 0. The lowest BCUT2D eigenvalue weighted by Gasteiger charge is -1.97. The molecule has 4 heteroatoms. The summed E-state index contributed by atoms with van der Waals surface area (Å²) in [7, 11) is 0. The van der Waals surface area contributed by atoms with Gasteiger partial charge in [0.05, 0.1) is 0 Å². The van der Waals surface area contributed by atoms with E-state index in [1.165, 1.54) is 5.56 Å². The SMILES string of the molecule is Cc1cccc(-c2nc(NN)cs2)c1. The molecular formula is C10H11N3S. The van der Waals surface area contributed by atoms with Gasteiger partial charge in [-0.2, -0.15) is 0 Å². The first-order chi connectivity index (χ1) is 6.79. The molecule has 0 radical (unpaired) electrons. The van der Waals surface area contributed by atoms with Crippen molar-refractivity contribution in [3.05, 3.63) is 35.2 Å². The molecule has 0 aliphatic heterocycles. The van der Waals surface area contributed by atoms with Crippen LogP contribution in [0, 0.1) is 6.92 Å². The Bertz CT molecular complexity index is 436. The number of nitrogens with two attached hydrogens (primary N) is 1. The van der Waals surface area contributed by atoms with Crippen molar-refractivity contribution in [2.45, 2.75) is 6.92 Å². The molecule has 0 spiro atoms. The minimum atomic E-state index is 0.714. The van der Waals surface area contributed by atoms with Crippen LogP contribution in [-0.4, -0.2) is 4.98 Å². The Morgan fingerprint density at radius 2 is 2.29 bits per heavy atom. The fraction of sp³-hybridized carbons (Fsp3) is 0.100. The van der Waals surface area contributed by atoms with Crippen LogP contribution in [-0.2, 0) is 0 Å². The molecule has 1 aromatic heterocycles. The van der Waals surface area contributed by atoms with E-state index in [-0.39, 0.29) is 0 Å². The van der Waals surface area contributed by atoms with E-state index in [4.69, 9.17) is 5.84 Å². The van der Waals surface area contributed by atoms with Crippen LogP contribution in [0.5, 0.6) is 0 Å². The second-order valence-electron chi connectivity index (χ2n) is 3.05. The number of rotatable bonds is 2. The number of aryl methyl sites for hydroxylation is 1. The smallest absolute Gasteiger partial charge is 0.151 e. The molecule has 3 nitrogen and oxygen atoms in total. The standard InChI is InChI=1S/C10H11N3S/c1-7-3-2-4-8(5-7)10-12-9(13-11)6-14-10/h2-6,13H,11H2,1H3. The molecule has 0 saturated heterocycles. The summed E-state index contributed by atoms with van der Waals surface area (Å²) in [6.07, 6.45) is 0. The third-order valence-corrected chi connectivity index (χ3v) is 2.81. The van der Waals surface area contributed by atoms with Crippen molar-refractivity contribution in [2.24, 2.45) is 5.84 Å². The van der Waals surface area contributed by atoms with Crippen molar-refractivity contribution >= 4 is 17.2 Å². The number of nitrogens with zero attached hydrogens (tertiary/aromatic N) is 1. The molecule has 0 amide bonds. The molecule has 3 N–H and O–H groups in total. The number of nitrogens with one attached hydrogen (secondary N) is 1. The fourth-order valence-electron chi connectivity index (χ4n) is 1.25. The molecule has 1 heterocycles. The first kappa shape index (κ1) is 9.18. The van der Waals surface area contributed by atoms with Gasteiger partial charge in [0.25, 0.3) is 0 Å². The van der Waals surface area contributed by atoms with Gasteiger partial charge in [-0.05, 0) is 13.0 Å². The Balaban J connectivity index is 2.39. The van der Waals surface area contributed by atoms with Crippen LogP contribution >= 0.6 is 11.3 Å². The Morgan fingerprint density at radius 1 is 1.43 bits per heavy atom. The van der Waals surface area contributed by atoms with E-state index >= 15 is 0 Å². The Kier molecular flexibility index (Phi) is 2.47. The quantitative estimate of drug-likeness (QED) is 0.584. The molecule has 72 valence electrons. The second kappa shape index (κ2) is 3.77. The number of anilines is 1. The van der Waals surface area contributed by atoms with E-state index in [0.29, 0.717) is 5.82 Å². The summed E-state index contributed by atoms with van der Waals surface area (Å²) in [6.45, 7) is 2.07. The van der Waals surface area contributed by atoms with Gasteiger partial charge in [0.15, 0.2) is 5.82 Å². The van der Waals surface area contributed by atoms with Crippen LogP contribution in [0.2, 0.25) is 0 Å². The minimum Gasteiger partial charge on any atom is -0.308 e. The molecule has 0 unspecified atom stereocenters. The first-order valence-electron chi connectivity index (χ1n) is 4.29. The summed E-state index contributed by atoms with van der Waals surface area (Å²) in [4.78, 5) is 4.32. The van der Waals surface area contributed by atoms with E-state index in [9.17, 15) is 0 Å². The van der Waals surface area contributed by atoms with Gasteiger partial charge in [0, 0.05) is 10.9 Å². The molecule has 14 heavy (non-hydrogen) atoms. The number of benzene rings is 1. The second-order valence-corrected chi connectivity index (χ2v) is 3.91. The van der Waals surface area contributed by atoms with Gasteiger partial charge >= 0.3 is 0 Å². The van der Waals surface area contributed by atoms with Crippen molar-refractivity contribution in [2.75, 3.05) is 5.43 Å². The van der Waals surface area contributed by atoms with Crippen LogP contribution in [0.1, 0.15) is 5.56 Å². The Morgan fingerprint density at radius 3 is 2.93 bits per heavy atom. The number of hydrogen-bond acceptors (Lipinski definition) is 4. The molecule has 0 fully saturated rings. The number of nitrogen functional groups attached to an aromatic ring is 1. The maximum atomic E-state index is 5.27. The van der Waals surface area contributed by atoms with Gasteiger partial charge in [-0.1, -0.05) is 23.8 Å². The zero-order chi connectivity index (χ0) is 9.97. The minimum absolute atomic E-state index is 0.714. The van der Waals surface area contributed by atoms with Crippen LogP contribution in [0.25, 0.3) is 10.6 Å². The highest BCUT2D eigenvalue weighted by atomic mass is 32.1. The summed E-state index contributed by atoms with van der Waals surface area (Å²) >= 11 is 1.58. The summed E-state index contributed by atoms with van der Waals surface area (Å²) in [5.74, 6) is 5.98. The lowest BCUT2D eigenvalue weighted by atomic mass is 10.1. The molecule has 0 saturated carbocycles. The van der Waals surface area contributed by atoms with E-state index in [1.54, 1.807) is 11.3 Å². The average Bonchev–Trinajstić information content (AvgIpc) is 2.66. The number of aromatic nitrogens is 1. The van der Waals surface area contributed by atoms with Crippen LogP contribution in [0.3, 0.4) is 0 Å². The lowest BCUT2D eigenvalue weighted by molar-refractivity contribution is 1.27. The van der Waals surface area contributed by atoms with Crippen LogP contribution in [0.15, 0.2) is 29.6 Å². The first-order valence-corrected chi connectivity index (χ1v) is 5.17. The van der Waals surface area contributed by atoms with Gasteiger partial charge in [-0.3, -0.25) is 0 Å². The molecule has 2 rings (SSSR count). The molecule has 0 atom stereocenters. The van der Waals surface area contributed by atoms with Crippen LogP contribution in [0.4, 0.5) is 5.82 Å². The number of hydrazine groups is 1. The zero-order valence-corrected chi connectivity index (χ0v) is 8.64. The maximum Gasteiger partial charge on any atom is 0.151 e. The highest BCUT2D eigenvalue weighted by molar-refractivity contribution is 7.13.